The highest BCUT2D eigenvalue weighted by Crippen LogP contribution is 2.37. The van der Waals surface area contributed by atoms with Gasteiger partial charge in [-0.2, -0.15) is 5.10 Å². The molecule has 0 saturated carbocycles. The number of aromatic hydroxyl groups is 1. The Labute approximate surface area is 133 Å². The van der Waals surface area contributed by atoms with Crippen molar-refractivity contribution in [3.63, 3.8) is 0 Å². The minimum atomic E-state index is -0.903. The number of hydrogen-bond acceptors (Lipinski definition) is 3. The summed E-state index contributed by atoms with van der Waals surface area (Å²) in [6.45, 7) is 0.194. The average Bonchev–Trinajstić information content (AvgIpc) is 2.91. The number of carboxylic acid groups (broad SMARTS) is 1. The highest BCUT2D eigenvalue weighted by atomic mass is 16.4. The lowest BCUT2D eigenvalue weighted by molar-refractivity contribution is -0.137. The maximum Gasteiger partial charge on any atom is 0.305 e. The molecule has 0 aliphatic carbocycles. The molecule has 3 aromatic rings. The van der Waals surface area contributed by atoms with E-state index in [2.05, 4.69) is 5.10 Å². The van der Waals surface area contributed by atoms with Gasteiger partial charge in [0.1, 0.15) is 11.4 Å². The molecule has 2 aromatic carbocycles. The number of rotatable bonds is 5. The smallest absolute Gasteiger partial charge is 0.305 e. The van der Waals surface area contributed by atoms with Crippen LogP contribution in [0.2, 0.25) is 0 Å². The molecule has 0 bridgehead atoms. The van der Waals surface area contributed by atoms with Gasteiger partial charge in [0.25, 0.3) is 0 Å². The molecule has 0 fully saturated rings. The predicted molar refractivity (Wildman–Crippen MR) is 87.0 cm³/mol. The van der Waals surface area contributed by atoms with E-state index in [0.717, 1.165) is 11.1 Å². The van der Waals surface area contributed by atoms with Gasteiger partial charge in [0.05, 0.1) is 13.0 Å². The molecule has 3 rings (SSSR count). The Hall–Kier alpha value is -3.08. The van der Waals surface area contributed by atoms with Gasteiger partial charge in [-0.1, -0.05) is 60.7 Å². The second kappa shape index (κ2) is 6.36. The van der Waals surface area contributed by atoms with Crippen LogP contribution in [0.3, 0.4) is 0 Å². The van der Waals surface area contributed by atoms with E-state index in [0.29, 0.717) is 11.4 Å². The summed E-state index contributed by atoms with van der Waals surface area (Å²) in [4.78, 5) is 10.9. The minimum Gasteiger partial charge on any atom is -0.504 e. The molecule has 0 radical (unpaired) electrons. The van der Waals surface area contributed by atoms with Gasteiger partial charge in [-0.25, -0.2) is 0 Å². The number of carbonyl (C=O) groups is 1. The van der Waals surface area contributed by atoms with Crippen LogP contribution in [0, 0.1) is 0 Å². The maximum atomic E-state index is 10.9. The number of aryl methyl sites for hydroxylation is 1. The fourth-order valence-corrected chi connectivity index (χ4v) is 2.49. The fraction of sp³-hybridized carbons (Fsp3) is 0.111. The average molecular weight is 308 g/mol. The number of aliphatic carboxylic acids is 1. The van der Waals surface area contributed by atoms with E-state index in [1.165, 1.54) is 0 Å². The molecule has 23 heavy (non-hydrogen) atoms. The first-order valence-corrected chi connectivity index (χ1v) is 7.29. The Bertz CT molecular complexity index is 811. The monoisotopic (exact) mass is 308 g/mol. The third kappa shape index (κ3) is 3.08. The van der Waals surface area contributed by atoms with Gasteiger partial charge in [0, 0.05) is 11.1 Å². The van der Waals surface area contributed by atoms with Crippen molar-refractivity contribution in [1.29, 1.82) is 0 Å². The van der Waals surface area contributed by atoms with Gasteiger partial charge in [-0.05, 0) is 0 Å². The van der Waals surface area contributed by atoms with E-state index in [-0.39, 0.29) is 18.7 Å². The van der Waals surface area contributed by atoms with Crippen molar-refractivity contribution in [2.75, 3.05) is 0 Å². The van der Waals surface area contributed by atoms with E-state index >= 15 is 0 Å². The Kier molecular flexibility index (Phi) is 4.10. The number of hydrogen-bond donors (Lipinski definition) is 2. The predicted octanol–water partition coefficient (Wildman–Crippen LogP) is 3.40. The lowest BCUT2D eigenvalue weighted by Gasteiger charge is -2.06. The minimum absolute atomic E-state index is 0.0603. The molecular weight excluding hydrogens is 292 g/mol. The van der Waals surface area contributed by atoms with Gasteiger partial charge in [-0.15, -0.1) is 0 Å². The molecule has 0 amide bonds. The first-order valence-electron chi connectivity index (χ1n) is 7.29. The SMILES string of the molecule is O=C(O)CCn1nc(-c2ccccc2)c(O)c1-c1ccccc1. The quantitative estimate of drug-likeness (QED) is 0.757. The van der Waals surface area contributed by atoms with Gasteiger partial charge < -0.3 is 10.2 Å². The Balaban J connectivity index is 2.12. The van der Waals surface area contributed by atoms with Crippen molar-refractivity contribution in [2.24, 2.45) is 0 Å². The van der Waals surface area contributed by atoms with Crippen LogP contribution >= 0.6 is 0 Å². The van der Waals surface area contributed by atoms with Crippen LogP contribution in [0.5, 0.6) is 5.75 Å². The summed E-state index contributed by atoms with van der Waals surface area (Å²) >= 11 is 0. The van der Waals surface area contributed by atoms with Crippen LogP contribution in [-0.2, 0) is 11.3 Å². The van der Waals surface area contributed by atoms with Crippen molar-refractivity contribution < 1.29 is 15.0 Å². The van der Waals surface area contributed by atoms with Crippen molar-refractivity contribution in [3.05, 3.63) is 60.7 Å². The summed E-state index contributed by atoms with van der Waals surface area (Å²) in [5, 5.41) is 24.0. The summed E-state index contributed by atoms with van der Waals surface area (Å²) in [6, 6.07) is 18.7. The molecule has 5 nitrogen and oxygen atoms in total. The zero-order valence-electron chi connectivity index (χ0n) is 12.4. The second-order valence-electron chi connectivity index (χ2n) is 5.14. The lowest BCUT2D eigenvalue weighted by Crippen LogP contribution is -2.07. The first-order chi connectivity index (χ1) is 11.2. The van der Waals surface area contributed by atoms with E-state index < -0.39 is 5.97 Å². The van der Waals surface area contributed by atoms with Gasteiger partial charge in [-0.3, -0.25) is 9.48 Å². The van der Waals surface area contributed by atoms with Gasteiger partial charge >= 0.3 is 5.97 Å². The van der Waals surface area contributed by atoms with Crippen LogP contribution in [-0.4, -0.2) is 26.0 Å². The van der Waals surface area contributed by atoms with Crippen molar-refractivity contribution >= 4 is 5.97 Å². The van der Waals surface area contributed by atoms with E-state index in [1.54, 1.807) is 4.68 Å². The molecule has 0 spiro atoms. The normalized spacial score (nSPS) is 10.6. The molecule has 5 heteroatoms. The molecule has 0 aliphatic heterocycles. The lowest BCUT2D eigenvalue weighted by atomic mass is 10.1. The summed E-state index contributed by atoms with van der Waals surface area (Å²) in [6.07, 6.45) is -0.0603. The highest BCUT2D eigenvalue weighted by molar-refractivity contribution is 5.78. The molecule has 0 atom stereocenters. The van der Waals surface area contributed by atoms with Crippen molar-refractivity contribution in [3.8, 4) is 28.3 Å². The third-order valence-electron chi connectivity index (χ3n) is 3.56. The maximum absolute atomic E-state index is 10.9. The topological polar surface area (TPSA) is 75.3 Å². The summed E-state index contributed by atoms with van der Waals surface area (Å²) in [5.74, 6) is -0.840. The molecule has 1 aromatic heterocycles. The molecule has 2 N–H and O–H groups in total. The number of benzene rings is 2. The second-order valence-corrected chi connectivity index (χ2v) is 5.14. The molecule has 0 unspecified atom stereocenters. The van der Waals surface area contributed by atoms with E-state index in [4.69, 9.17) is 5.11 Å². The zero-order chi connectivity index (χ0) is 16.2. The number of carboxylic acids is 1. The van der Waals surface area contributed by atoms with Gasteiger partial charge in [0.15, 0.2) is 5.75 Å². The van der Waals surface area contributed by atoms with Crippen LogP contribution in [0.15, 0.2) is 60.7 Å². The van der Waals surface area contributed by atoms with E-state index in [1.807, 2.05) is 60.7 Å². The van der Waals surface area contributed by atoms with Crippen LogP contribution in [0.25, 0.3) is 22.5 Å². The van der Waals surface area contributed by atoms with Crippen LogP contribution in [0.1, 0.15) is 6.42 Å². The molecule has 0 saturated heterocycles. The largest absolute Gasteiger partial charge is 0.504 e. The summed E-state index contributed by atoms with van der Waals surface area (Å²) in [7, 11) is 0. The Morgan fingerprint density at radius 3 is 2.09 bits per heavy atom. The highest BCUT2D eigenvalue weighted by Gasteiger charge is 2.20. The number of nitrogens with zero attached hydrogens (tertiary/aromatic N) is 2. The number of aromatic nitrogens is 2. The standard InChI is InChI=1S/C18H16N2O3/c21-15(22)11-12-20-17(14-9-5-2-6-10-14)18(23)16(19-20)13-7-3-1-4-8-13/h1-10,23H,11-12H2,(H,21,22). The third-order valence-corrected chi connectivity index (χ3v) is 3.56. The zero-order valence-corrected chi connectivity index (χ0v) is 12.4. The first kappa shape index (κ1) is 14.8. The molecule has 0 aliphatic rings. The Morgan fingerprint density at radius 1 is 0.957 bits per heavy atom. The van der Waals surface area contributed by atoms with Crippen LogP contribution in [0.4, 0.5) is 0 Å². The summed E-state index contributed by atoms with van der Waals surface area (Å²) < 4.78 is 1.56. The summed E-state index contributed by atoms with van der Waals surface area (Å²) in [5.41, 5.74) is 2.57. The van der Waals surface area contributed by atoms with Gasteiger partial charge in [0.2, 0.25) is 0 Å². The molecular formula is C18H16N2O3. The van der Waals surface area contributed by atoms with E-state index in [9.17, 15) is 9.90 Å². The molecule has 116 valence electrons. The fourth-order valence-electron chi connectivity index (χ4n) is 2.49. The van der Waals surface area contributed by atoms with Crippen molar-refractivity contribution in [1.82, 2.24) is 9.78 Å². The van der Waals surface area contributed by atoms with Crippen molar-refractivity contribution in [2.45, 2.75) is 13.0 Å². The Morgan fingerprint density at radius 2 is 1.52 bits per heavy atom. The molecule has 1 heterocycles. The van der Waals surface area contributed by atoms with Crippen LogP contribution < -0.4 is 0 Å².